The minimum atomic E-state index is 0.543. The highest BCUT2D eigenvalue weighted by Gasteiger charge is 2.10. The molecule has 3 heteroatoms. The summed E-state index contributed by atoms with van der Waals surface area (Å²) in [6.45, 7) is 3.91. The van der Waals surface area contributed by atoms with E-state index in [1.54, 1.807) is 0 Å². The van der Waals surface area contributed by atoms with E-state index in [1.165, 1.54) is 0 Å². The van der Waals surface area contributed by atoms with Crippen LogP contribution in [0, 0.1) is 0 Å². The number of ether oxygens (including phenoxy) is 2. The molecule has 0 heterocycles. The highest BCUT2D eigenvalue weighted by molar-refractivity contribution is 5.46. The smallest absolute Gasteiger partial charge is 0.166 e. The topological polar surface area (TPSA) is 30.5 Å². The van der Waals surface area contributed by atoms with Gasteiger partial charge in [-0.25, -0.2) is 0 Å². The van der Waals surface area contributed by atoms with Crippen molar-refractivity contribution in [3.63, 3.8) is 0 Å². The lowest BCUT2D eigenvalue weighted by Gasteiger charge is -2.16. The van der Waals surface area contributed by atoms with Crippen molar-refractivity contribution in [2.24, 2.45) is 0 Å². The predicted molar refractivity (Wildman–Crippen MR) is 81.1 cm³/mol. The first kappa shape index (κ1) is 14.4. The van der Waals surface area contributed by atoms with Gasteiger partial charge in [0.2, 0.25) is 0 Å². The van der Waals surface area contributed by atoms with Crippen LogP contribution in [-0.2, 0) is 13.2 Å². The Labute approximate surface area is 120 Å². The molecule has 0 spiro atoms. The molecule has 0 aromatic heterocycles. The van der Waals surface area contributed by atoms with Crippen molar-refractivity contribution in [3.8, 4) is 11.5 Å². The van der Waals surface area contributed by atoms with Gasteiger partial charge in [0.15, 0.2) is 11.5 Å². The zero-order chi connectivity index (χ0) is 14.2. The van der Waals surface area contributed by atoms with E-state index in [0.717, 1.165) is 29.2 Å². The van der Waals surface area contributed by atoms with Crippen molar-refractivity contribution in [1.82, 2.24) is 5.32 Å². The van der Waals surface area contributed by atoms with Crippen molar-refractivity contribution in [1.29, 1.82) is 0 Å². The van der Waals surface area contributed by atoms with Crippen LogP contribution in [0.5, 0.6) is 11.5 Å². The summed E-state index contributed by atoms with van der Waals surface area (Å²) in [7, 11) is 1.92. The SMILES string of the molecule is CCOc1cccc(CNC)c1OCc1ccccc1. The maximum atomic E-state index is 5.99. The van der Waals surface area contributed by atoms with Crippen LogP contribution in [0.1, 0.15) is 18.1 Å². The van der Waals surface area contributed by atoms with Gasteiger partial charge in [-0.05, 0) is 25.6 Å². The summed E-state index contributed by atoms with van der Waals surface area (Å²) >= 11 is 0. The maximum absolute atomic E-state index is 5.99. The van der Waals surface area contributed by atoms with E-state index in [9.17, 15) is 0 Å². The predicted octanol–water partition coefficient (Wildman–Crippen LogP) is 3.38. The molecule has 3 nitrogen and oxygen atoms in total. The van der Waals surface area contributed by atoms with Crippen LogP contribution >= 0.6 is 0 Å². The molecule has 2 rings (SSSR count). The van der Waals surface area contributed by atoms with E-state index < -0.39 is 0 Å². The molecule has 0 fully saturated rings. The summed E-state index contributed by atoms with van der Waals surface area (Å²) in [5, 5.41) is 3.16. The van der Waals surface area contributed by atoms with Crippen molar-refractivity contribution in [2.75, 3.05) is 13.7 Å². The molecule has 1 N–H and O–H groups in total. The number of hydrogen-bond acceptors (Lipinski definition) is 3. The number of para-hydroxylation sites is 1. The fourth-order valence-corrected chi connectivity index (χ4v) is 2.05. The van der Waals surface area contributed by atoms with Gasteiger partial charge in [-0.1, -0.05) is 42.5 Å². The Morgan fingerprint density at radius 2 is 1.75 bits per heavy atom. The molecule has 0 atom stereocenters. The molecule has 2 aromatic carbocycles. The fourth-order valence-electron chi connectivity index (χ4n) is 2.05. The van der Waals surface area contributed by atoms with Crippen LogP contribution in [0.15, 0.2) is 48.5 Å². The average Bonchev–Trinajstić information content (AvgIpc) is 2.48. The fraction of sp³-hybridized carbons (Fsp3) is 0.294. The van der Waals surface area contributed by atoms with Crippen LogP contribution in [0.3, 0.4) is 0 Å². The van der Waals surface area contributed by atoms with Crippen LogP contribution in [0.4, 0.5) is 0 Å². The van der Waals surface area contributed by atoms with Gasteiger partial charge >= 0.3 is 0 Å². The molecule has 0 bridgehead atoms. The van der Waals surface area contributed by atoms with E-state index in [4.69, 9.17) is 9.47 Å². The normalized spacial score (nSPS) is 10.3. The summed E-state index contributed by atoms with van der Waals surface area (Å²) < 4.78 is 11.7. The second-order valence-corrected chi connectivity index (χ2v) is 4.48. The molecule has 0 saturated carbocycles. The molecular formula is C17H21NO2. The van der Waals surface area contributed by atoms with Gasteiger partial charge in [0, 0.05) is 12.1 Å². The minimum Gasteiger partial charge on any atom is -0.490 e. The maximum Gasteiger partial charge on any atom is 0.166 e. The Morgan fingerprint density at radius 3 is 2.45 bits per heavy atom. The van der Waals surface area contributed by atoms with E-state index in [1.807, 2.05) is 44.3 Å². The van der Waals surface area contributed by atoms with Crippen molar-refractivity contribution < 1.29 is 9.47 Å². The molecule has 0 unspecified atom stereocenters. The Bertz CT molecular complexity index is 502. The average molecular weight is 271 g/mol. The van der Waals surface area contributed by atoms with E-state index in [-0.39, 0.29) is 0 Å². The Morgan fingerprint density at radius 1 is 0.950 bits per heavy atom. The third-order valence-electron chi connectivity index (χ3n) is 2.95. The molecule has 0 radical (unpaired) electrons. The van der Waals surface area contributed by atoms with E-state index >= 15 is 0 Å². The Hall–Kier alpha value is -2.00. The third-order valence-corrected chi connectivity index (χ3v) is 2.95. The van der Waals surface area contributed by atoms with Gasteiger partial charge in [0.25, 0.3) is 0 Å². The van der Waals surface area contributed by atoms with Gasteiger partial charge in [-0.15, -0.1) is 0 Å². The zero-order valence-corrected chi connectivity index (χ0v) is 12.1. The minimum absolute atomic E-state index is 0.543. The number of hydrogen-bond donors (Lipinski definition) is 1. The molecular weight excluding hydrogens is 250 g/mol. The third kappa shape index (κ3) is 3.75. The number of nitrogens with one attached hydrogen (secondary N) is 1. The first-order valence-corrected chi connectivity index (χ1v) is 6.91. The van der Waals surface area contributed by atoms with E-state index in [0.29, 0.717) is 13.2 Å². The quantitative estimate of drug-likeness (QED) is 0.837. The summed E-state index contributed by atoms with van der Waals surface area (Å²) in [5.74, 6) is 1.63. The van der Waals surface area contributed by atoms with Crippen LogP contribution < -0.4 is 14.8 Å². The van der Waals surface area contributed by atoms with Gasteiger partial charge in [-0.3, -0.25) is 0 Å². The highest BCUT2D eigenvalue weighted by Crippen LogP contribution is 2.32. The summed E-state index contributed by atoms with van der Waals surface area (Å²) in [5.41, 5.74) is 2.25. The monoisotopic (exact) mass is 271 g/mol. The summed E-state index contributed by atoms with van der Waals surface area (Å²) in [6, 6.07) is 16.1. The van der Waals surface area contributed by atoms with Gasteiger partial charge in [-0.2, -0.15) is 0 Å². The first-order valence-electron chi connectivity index (χ1n) is 6.91. The standard InChI is InChI=1S/C17H21NO2/c1-3-19-16-11-7-10-15(12-18-2)17(16)20-13-14-8-5-4-6-9-14/h4-11,18H,3,12-13H2,1-2H3. The van der Waals surface area contributed by atoms with Crippen molar-refractivity contribution >= 4 is 0 Å². The Balaban J connectivity index is 2.18. The summed E-state index contributed by atoms with van der Waals surface area (Å²) in [6.07, 6.45) is 0. The molecule has 2 aromatic rings. The molecule has 0 aliphatic rings. The van der Waals surface area contributed by atoms with Crippen LogP contribution in [-0.4, -0.2) is 13.7 Å². The molecule has 20 heavy (non-hydrogen) atoms. The number of rotatable bonds is 7. The lowest BCUT2D eigenvalue weighted by Crippen LogP contribution is -2.09. The Kier molecular flexibility index (Phi) is 5.44. The largest absolute Gasteiger partial charge is 0.490 e. The molecule has 106 valence electrons. The lowest BCUT2D eigenvalue weighted by atomic mass is 10.1. The first-order chi connectivity index (χ1) is 9.85. The van der Waals surface area contributed by atoms with Gasteiger partial charge < -0.3 is 14.8 Å². The molecule has 0 aliphatic carbocycles. The van der Waals surface area contributed by atoms with Crippen LogP contribution in [0.25, 0.3) is 0 Å². The lowest BCUT2D eigenvalue weighted by molar-refractivity contribution is 0.266. The zero-order valence-electron chi connectivity index (χ0n) is 12.1. The second-order valence-electron chi connectivity index (χ2n) is 4.48. The molecule has 0 saturated heterocycles. The second kappa shape index (κ2) is 7.56. The molecule has 0 aliphatic heterocycles. The van der Waals surface area contributed by atoms with Crippen molar-refractivity contribution in [2.45, 2.75) is 20.1 Å². The summed E-state index contributed by atoms with van der Waals surface area (Å²) in [4.78, 5) is 0. The van der Waals surface area contributed by atoms with Crippen LogP contribution in [0.2, 0.25) is 0 Å². The van der Waals surface area contributed by atoms with Gasteiger partial charge in [0.05, 0.1) is 6.61 Å². The number of benzene rings is 2. The highest BCUT2D eigenvalue weighted by atomic mass is 16.5. The van der Waals surface area contributed by atoms with Crippen molar-refractivity contribution in [3.05, 3.63) is 59.7 Å². The van der Waals surface area contributed by atoms with E-state index in [2.05, 4.69) is 23.5 Å². The molecule has 0 amide bonds. The van der Waals surface area contributed by atoms with Gasteiger partial charge in [0.1, 0.15) is 6.61 Å².